The molecule has 0 spiro atoms. The Balaban J connectivity index is 2.43. The largest absolute Gasteiger partial charge is 0.367 e. The van der Waals surface area contributed by atoms with E-state index >= 15 is 0 Å². The molecule has 0 unspecified atom stereocenters. The summed E-state index contributed by atoms with van der Waals surface area (Å²) in [5.74, 6) is -5.20. The van der Waals surface area contributed by atoms with Crippen LogP contribution in [0.5, 0.6) is 0 Å². The summed E-state index contributed by atoms with van der Waals surface area (Å²) in [5.41, 5.74) is 0. The molecule has 0 atom stereocenters. The zero-order valence-electron chi connectivity index (χ0n) is 8.62. The van der Waals surface area contributed by atoms with Gasteiger partial charge in [0.15, 0.2) is 5.82 Å². The highest BCUT2D eigenvalue weighted by atomic mass is 19.3. The van der Waals surface area contributed by atoms with Crippen LogP contribution in [0, 0.1) is 0 Å². The van der Waals surface area contributed by atoms with Crippen molar-refractivity contribution in [3.8, 4) is 0 Å². The maximum absolute atomic E-state index is 12.4. The zero-order valence-corrected chi connectivity index (χ0v) is 8.62. The van der Waals surface area contributed by atoms with Gasteiger partial charge in [0, 0.05) is 6.92 Å². The van der Waals surface area contributed by atoms with Crippen LogP contribution in [0.2, 0.25) is 0 Å². The van der Waals surface area contributed by atoms with Crippen molar-refractivity contribution in [2.45, 2.75) is 25.9 Å². The van der Waals surface area contributed by atoms with Gasteiger partial charge in [0.1, 0.15) is 13.2 Å². The van der Waals surface area contributed by atoms with Gasteiger partial charge in [-0.1, -0.05) is 5.16 Å². The van der Waals surface area contributed by atoms with Crippen LogP contribution in [0.3, 0.4) is 0 Å². The molecular formula is C8H8F4N2O3. The highest BCUT2D eigenvalue weighted by Crippen LogP contribution is 2.23. The molecule has 0 aromatic carbocycles. The number of ketones is 1. The van der Waals surface area contributed by atoms with Crippen LogP contribution in [0.15, 0.2) is 4.52 Å². The molecule has 0 fully saturated rings. The van der Waals surface area contributed by atoms with Crippen LogP contribution in [0.4, 0.5) is 17.6 Å². The molecule has 0 saturated heterocycles. The van der Waals surface area contributed by atoms with Gasteiger partial charge in [-0.25, -0.2) is 8.78 Å². The van der Waals surface area contributed by atoms with E-state index in [0.29, 0.717) is 0 Å². The van der Waals surface area contributed by atoms with Gasteiger partial charge in [-0.2, -0.15) is 13.8 Å². The molecule has 0 saturated carbocycles. The summed E-state index contributed by atoms with van der Waals surface area (Å²) in [4.78, 5) is 14.2. The van der Waals surface area contributed by atoms with Crippen molar-refractivity contribution in [1.29, 1.82) is 0 Å². The van der Waals surface area contributed by atoms with Crippen LogP contribution in [0.25, 0.3) is 0 Å². The van der Waals surface area contributed by atoms with Crippen LogP contribution < -0.4 is 0 Å². The van der Waals surface area contributed by atoms with Crippen molar-refractivity contribution in [2.75, 3.05) is 6.61 Å². The number of ether oxygens (including phenoxy) is 1. The molecule has 0 N–H and O–H groups in total. The number of aromatic nitrogens is 2. The highest BCUT2D eigenvalue weighted by Gasteiger charge is 2.41. The first kappa shape index (κ1) is 13.6. The van der Waals surface area contributed by atoms with E-state index in [4.69, 9.17) is 0 Å². The monoisotopic (exact) mass is 256 g/mol. The molecule has 0 aliphatic rings. The van der Waals surface area contributed by atoms with Gasteiger partial charge in [0.2, 0.25) is 5.78 Å². The van der Waals surface area contributed by atoms with Crippen molar-refractivity contribution >= 4 is 5.78 Å². The van der Waals surface area contributed by atoms with Crippen molar-refractivity contribution in [3.63, 3.8) is 0 Å². The second-order valence-electron chi connectivity index (χ2n) is 3.13. The van der Waals surface area contributed by atoms with Gasteiger partial charge in [-0.05, 0) is 0 Å². The lowest BCUT2D eigenvalue weighted by atomic mass is 10.4. The quantitative estimate of drug-likeness (QED) is 0.572. The molecular weight excluding hydrogens is 248 g/mol. The molecule has 1 heterocycles. The lowest BCUT2D eigenvalue weighted by Crippen LogP contribution is -2.32. The molecule has 17 heavy (non-hydrogen) atoms. The summed E-state index contributed by atoms with van der Waals surface area (Å²) in [5, 5.41) is 3.24. The second-order valence-corrected chi connectivity index (χ2v) is 3.13. The minimum Gasteiger partial charge on any atom is -0.367 e. The van der Waals surface area contributed by atoms with Crippen LogP contribution in [-0.2, 0) is 11.3 Å². The van der Waals surface area contributed by atoms with E-state index in [2.05, 4.69) is 19.4 Å². The Morgan fingerprint density at radius 2 is 2.18 bits per heavy atom. The van der Waals surface area contributed by atoms with Crippen LogP contribution >= 0.6 is 0 Å². The number of halogens is 4. The number of carbonyl (C=O) groups excluding carboxylic acids is 1. The topological polar surface area (TPSA) is 65.2 Å². The van der Waals surface area contributed by atoms with Crippen molar-refractivity contribution in [2.24, 2.45) is 0 Å². The molecule has 5 nitrogen and oxygen atoms in total. The first-order chi connectivity index (χ1) is 7.83. The number of Topliss-reactive ketones (excluding diaryl/α,β-unsaturated/α-hetero) is 1. The third-order valence-electron chi connectivity index (χ3n) is 1.61. The van der Waals surface area contributed by atoms with Gasteiger partial charge in [-0.15, -0.1) is 0 Å². The number of alkyl halides is 4. The summed E-state index contributed by atoms with van der Waals surface area (Å²) < 4.78 is 57.0. The third-order valence-corrected chi connectivity index (χ3v) is 1.61. The number of hydrogen-bond donors (Lipinski definition) is 0. The van der Waals surface area contributed by atoms with Gasteiger partial charge in [0.05, 0.1) is 0 Å². The zero-order chi connectivity index (χ0) is 13.1. The summed E-state index contributed by atoms with van der Waals surface area (Å²) in [6.45, 7) is -0.837. The molecule has 9 heteroatoms. The van der Waals surface area contributed by atoms with E-state index in [-0.39, 0.29) is 11.7 Å². The smallest absolute Gasteiger partial charge is 0.330 e. The lowest BCUT2D eigenvalue weighted by Gasteiger charge is -2.14. The Hall–Kier alpha value is -1.51. The highest BCUT2D eigenvalue weighted by molar-refractivity contribution is 5.89. The average Bonchev–Trinajstić information content (AvgIpc) is 2.66. The Kier molecular flexibility index (Phi) is 4.16. The first-order valence-corrected chi connectivity index (χ1v) is 4.40. The van der Waals surface area contributed by atoms with E-state index in [9.17, 15) is 22.4 Å². The molecule has 1 aromatic rings. The molecule has 0 aliphatic carbocycles. The molecule has 0 radical (unpaired) electrons. The van der Waals surface area contributed by atoms with Gasteiger partial charge < -0.3 is 9.26 Å². The summed E-state index contributed by atoms with van der Waals surface area (Å²) >= 11 is 0. The fraction of sp³-hybridized carbons (Fsp3) is 0.625. The van der Waals surface area contributed by atoms with E-state index in [1.807, 2.05) is 0 Å². The van der Waals surface area contributed by atoms with E-state index < -0.39 is 31.3 Å². The second kappa shape index (κ2) is 5.21. The van der Waals surface area contributed by atoms with Crippen LogP contribution in [0.1, 0.15) is 23.4 Å². The standard InChI is InChI=1S/C8H8F4N2O3/c1-4(15)6-13-5(14-17-6)2-16-3-8(11,12)7(9)10/h7H,2-3H2,1H3. The van der Waals surface area contributed by atoms with Crippen LogP contribution in [-0.4, -0.2) is 34.9 Å². The normalized spacial score (nSPS) is 12.1. The number of carbonyl (C=O) groups is 1. The lowest BCUT2D eigenvalue weighted by molar-refractivity contribution is -0.168. The summed E-state index contributed by atoms with van der Waals surface area (Å²) in [6, 6.07) is 0. The van der Waals surface area contributed by atoms with Gasteiger partial charge in [-0.3, -0.25) is 4.79 Å². The maximum atomic E-state index is 12.4. The van der Waals surface area contributed by atoms with E-state index in [1.165, 1.54) is 6.92 Å². The Bertz CT molecular complexity index is 394. The molecule has 0 amide bonds. The molecule has 1 aromatic heterocycles. The maximum Gasteiger partial charge on any atom is 0.330 e. The summed E-state index contributed by atoms with van der Waals surface area (Å²) in [7, 11) is 0. The average molecular weight is 256 g/mol. The Labute approximate surface area is 92.7 Å². The fourth-order valence-corrected chi connectivity index (χ4v) is 0.797. The van der Waals surface area contributed by atoms with Crippen molar-refractivity contribution < 1.29 is 31.6 Å². The third kappa shape index (κ3) is 3.77. The SMILES string of the molecule is CC(=O)c1nc(COCC(F)(F)C(F)F)no1. The summed E-state index contributed by atoms with van der Waals surface area (Å²) in [6.07, 6.45) is -3.81. The molecule has 0 bridgehead atoms. The Morgan fingerprint density at radius 3 is 2.65 bits per heavy atom. The predicted molar refractivity (Wildman–Crippen MR) is 44.9 cm³/mol. The van der Waals surface area contributed by atoms with E-state index in [0.717, 1.165) is 0 Å². The van der Waals surface area contributed by atoms with Crippen molar-refractivity contribution in [1.82, 2.24) is 10.1 Å². The minimum absolute atomic E-state index is 0.166. The number of hydrogen-bond acceptors (Lipinski definition) is 5. The predicted octanol–water partition coefficient (Wildman–Crippen LogP) is 1.69. The van der Waals surface area contributed by atoms with Gasteiger partial charge >= 0.3 is 12.3 Å². The molecule has 96 valence electrons. The minimum atomic E-state index is -4.23. The van der Waals surface area contributed by atoms with Crippen molar-refractivity contribution in [3.05, 3.63) is 11.7 Å². The van der Waals surface area contributed by atoms with E-state index in [1.54, 1.807) is 0 Å². The number of nitrogens with zero attached hydrogens (tertiary/aromatic N) is 2. The number of rotatable bonds is 6. The first-order valence-electron chi connectivity index (χ1n) is 4.40. The Morgan fingerprint density at radius 1 is 1.53 bits per heavy atom. The molecule has 1 rings (SSSR count). The van der Waals surface area contributed by atoms with Gasteiger partial charge in [0.25, 0.3) is 5.89 Å². The fourth-order valence-electron chi connectivity index (χ4n) is 0.797. The molecule has 0 aliphatic heterocycles.